The van der Waals surface area contributed by atoms with Crippen LogP contribution in [0.1, 0.15) is 28.5 Å². The molecule has 0 N–H and O–H groups in total. The van der Waals surface area contributed by atoms with Crippen molar-refractivity contribution in [1.29, 1.82) is 0 Å². The van der Waals surface area contributed by atoms with Crippen LogP contribution in [0.3, 0.4) is 0 Å². The van der Waals surface area contributed by atoms with Crippen LogP contribution in [0.15, 0.2) is 41.2 Å². The van der Waals surface area contributed by atoms with Gasteiger partial charge in [-0.05, 0) is 38.5 Å². The van der Waals surface area contributed by atoms with Crippen LogP contribution in [-0.2, 0) is 4.74 Å². The Bertz CT molecular complexity index is 687. The second-order valence-corrected chi connectivity index (χ2v) is 4.52. The number of ether oxygens (including phenoxy) is 1. The van der Waals surface area contributed by atoms with Crippen molar-refractivity contribution in [2.75, 3.05) is 6.61 Å². The topological polar surface area (TPSA) is 48.3 Å². The predicted octanol–water partition coefficient (Wildman–Crippen LogP) is 2.63. The zero-order valence-electron chi connectivity index (χ0n) is 11.8. The molecule has 2 rings (SSSR count). The van der Waals surface area contributed by atoms with Crippen LogP contribution in [0.25, 0.3) is 5.69 Å². The Morgan fingerprint density at radius 2 is 1.85 bits per heavy atom. The molecule has 0 aliphatic heterocycles. The van der Waals surface area contributed by atoms with Crippen molar-refractivity contribution >= 4 is 5.97 Å². The van der Waals surface area contributed by atoms with E-state index in [2.05, 4.69) is 0 Å². The minimum Gasteiger partial charge on any atom is -0.462 e. The van der Waals surface area contributed by atoms with Gasteiger partial charge in [-0.2, -0.15) is 0 Å². The molecular weight excluding hydrogens is 254 g/mol. The van der Waals surface area contributed by atoms with Crippen LogP contribution in [0.4, 0.5) is 0 Å². The first-order valence-corrected chi connectivity index (χ1v) is 6.52. The fourth-order valence-corrected chi connectivity index (χ4v) is 2.29. The average Bonchev–Trinajstić information content (AvgIpc) is 2.39. The number of para-hydroxylation sites is 1. The van der Waals surface area contributed by atoms with E-state index < -0.39 is 5.97 Å². The first kappa shape index (κ1) is 14.1. The Morgan fingerprint density at radius 1 is 1.20 bits per heavy atom. The van der Waals surface area contributed by atoms with Crippen molar-refractivity contribution in [3.8, 4) is 5.69 Å². The van der Waals surface area contributed by atoms with E-state index >= 15 is 0 Å². The second kappa shape index (κ2) is 5.74. The van der Waals surface area contributed by atoms with E-state index in [1.54, 1.807) is 20.8 Å². The van der Waals surface area contributed by atoms with Crippen molar-refractivity contribution in [3.05, 3.63) is 63.6 Å². The van der Waals surface area contributed by atoms with Gasteiger partial charge in [0.15, 0.2) is 0 Å². The Kier molecular flexibility index (Phi) is 4.03. The van der Waals surface area contributed by atoms with Crippen LogP contribution in [0, 0.1) is 13.8 Å². The van der Waals surface area contributed by atoms with E-state index in [9.17, 15) is 9.59 Å². The molecule has 20 heavy (non-hydrogen) atoms. The lowest BCUT2D eigenvalue weighted by Crippen LogP contribution is -2.24. The maximum Gasteiger partial charge on any atom is 0.340 e. The fourth-order valence-electron chi connectivity index (χ4n) is 2.29. The number of hydrogen-bond donors (Lipinski definition) is 0. The van der Waals surface area contributed by atoms with Crippen LogP contribution < -0.4 is 5.56 Å². The highest BCUT2D eigenvalue weighted by atomic mass is 16.5. The Morgan fingerprint density at radius 3 is 2.45 bits per heavy atom. The molecule has 0 fully saturated rings. The third kappa shape index (κ3) is 2.50. The van der Waals surface area contributed by atoms with Crippen molar-refractivity contribution < 1.29 is 9.53 Å². The lowest BCUT2D eigenvalue weighted by atomic mass is 10.1. The number of pyridine rings is 1. The zero-order valence-corrected chi connectivity index (χ0v) is 11.8. The Labute approximate surface area is 117 Å². The van der Waals surface area contributed by atoms with Gasteiger partial charge >= 0.3 is 5.97 Å². The van der Waals surface area contributed by atoms with Crippen LogP contribution in [0.5, 0.6) is 0 Å². The quantitative estimate of drug-likeness (QED) is 0.806. The largest absolute Gasteiger partial charge is 0.462 e. The highest BCUT2D eigenvalue weighted by Gasteiger charge is 2.18. The third-order valence-corrected chi connectivity index (χ3v) is 3.15. The summed E-state index contributed by atoms with van der Waals surface area (Å²) < 4.78 is 6.59. The van der Waals surface area contributed by atoms with E-state index in [1.807, 2.05) is 30.3 Å². The van der Waals surface area contributed by atoms with Gasteiger partial charge in [0.1, 0.15) is 0 Å². The molecule has 0 aliphatic rings. The fraction of sp³-hybridized carbons (Fsp3) is 0.250. The standard InChI is InChI=1S/C16H17NO3/c1-4-20-16(19)15-11(2)10-14(18)17(12(15)3)13-8-6-5-7-9-13/h5-10H,4H2,1-3H3. The number of rotatable bonds is 3. The van der Waals surface area contributed by atoms with Gasteiger partial charge < -0.3 is 4.74 Å². The zero-order chi connectivity index (χ0) is 14.7. The molecule has 4 heteroatoms. The molecule has 0 unspecified atom stereocenters. The van der Waals surface area contributed by atoms with Crippen LogP contribution in [0.2, 0.25) is 0 Å². The Hall–Kier alpha value is -2.36. The maximum atomic E-state index is 12.2. The summed E-state index contributed by atoms with van der Waals surface area (Å²) in [4.78, 5) is 24.2. The highest BCUT2D eigenvalue weighted by molar-refractivity contribution is 5.92. The average molecular weight is 271 g/mol. The number of hydrogen-bond acceptors (Lipinski definition) is 3. The number of aryl methyl sites for hydroxylation is 1. The van der Waals surface area contributed by atoms with Gasteiger partial charge in [0.25, 0.3) is 5.56 Å². The maximum absolute atomic E-state index is 12.2. The number of benzene rings is 1. The molecule has 0 atom stereocenters. The lowest BCUT2D eigenvalue weighted by Gasteiger charge is -2.15. The molecule has 1 aromatic heterocycles. The summed E-state index contributed by atoms with van der Waals surface area (Å²) in [5, 5.41) is 0. The molecule has 0 amide bonds. The summed E-state index contributed by atoms with van der Waals surface area (Å²) in [5.41, 5.74) is 2.27. The molecule has 0 saturated carbocycles. The Balaban J connectivity index is 2.68. The first-order valence-electron chi connectivity index (χ1n) is 6.52. The molecule has 104 valence electrons. The normalized spacial score (nSPS) is 10.3. The molecule has 2 aromatic rings. The van der Waals surface area contributed by atoms with Gasteiger partial charge in [-0.1, -0.05) is 18.2 Å². The number of carbonyl (C=O) groups is 1. The minimum absolute atomic E-state index is 0.153. The molecule has 1 aromatic carbocycles. The number of nitrogens with zero attached hydrogens (tertiary/aromatic N) is 1. The molecule has 0 bridgehead atoms. The van der Waals surface area contributed by atoms with Crippen LogP contribution in [-0.4, -0.2) is 17.1 Å². The van der Waals surface area contributed by atoms with Gasteiger partial charge in [-0.15, -0.1) is 0 Å². The predicted molar refractivity (Wildman–Crippen MR) is 77.5 cm³/mol. The first-order chi connectivity index (χ1) is 9.56. The summed E-state index contributed by atoms with van der Waals surface area (Å²) in [5.74, 6) is -0.396. The molecular formula is C16H17NO3. The minimum atomic E-state index is -0.396. The van der Waals surface area contributed by atoms with Crippen molar-refractivity contribution in [3.63, 3.8) is 0 Å². The van der Waals surface area contributed by atoms with E-state index in [1.165, 1.54) is 10.6 Å². The van der Waals surface area contributed by atoms with Crippen molar-refractivity contribution in [2.24, 2.45) is 0 Å². The summed E-state index contributed by atoms with van der Waals surface area (Å²) in [6, 6.07) is 10.7. The van der Waals surface area contributed by atoms with Crippen molar-refractivity contribution in [1.82, 2.24) is 4.57 Å². The van der Waals surface area contributed by atoms with E-state index in [-0.39, 0.29) is 5.56 Å². The summed E-state index contributed by atoms with van der Waals surface area (Å²) in [6.45, 7) is 5.57. The van der Waals surface area contributed by atoms with E-state index in [0.717, 1.165) is 5.69 Å². The number of aromatic nitrogens is 1. The molecule has 0 saturated heterocycles. The van der Waals surface area contributed by atoms with Gasteiger partial charge in [0, 0.05) is 17.4 Å². The van der Waals surface area contributed by atoms with Gasteiger partial charge in [-0.3, -0.25) is 9.36 Å². The van der Waals surface area contributed by atoms with Gasteiger partial charge in [0.05, 0.1) is 12.2 Å². The molecule has 0 radical (unpaired) electrons. The van der Waals surface area contributed by atoms with E-state index in [0.29, 0.717) is 23.4 Å². The number of carbonyl (C=O) groups excluding carboxylic acids is 1. The monoisotopic (exact) mass is 271 g/mol. The molecule has 0 spiro atoms. The molecule has 0 aliphatic carbocycles. The lowest BCUT2D eigenvalue weighted by molar-refractivity contribution is 0.0523. The second-order valence-electron chi connectivity index (χ2n) is 4.52. The third-order valence-electron chi connectivity index (χ3n) is 3.15. The summed E-state index contributed by atoms with van der Waals surface area (Å²) in [6.07, 6.45) is 0. The molecule has 4 nitrogen and oxygen atoms in total. The van der Waals surface area contributed by atoms with Gasteiger partial charge in [0.2, 0.25) is 0 Å². The highest BCUT2D eigenvalue weighted by Crippen LogP contribution is 2.16. The SMILES string of the molecule is CCOC(=O)c1c(C)cc(=O)n(-c2ccccc2)c1C. The van der Waals surface area contributed by atoms with E-state index in [4.69, 9.17) is 4.74 Å². The smallest absolute Gasteiger partial charge is 0.340 e. The van der Waals surface area contributed by atoms with Crippen LogP contribution >= 0.6 is 0 Å². The van der Waals surface area contributed by atoms with Crippen molar-refractivity contribution in [2.45, 2.75) is 20.8 Å². The van der Waals surface area contributed by atoms with Gasteiger partial charge in [-0.25, -0.2) is 4.79 Å². The molecule has 1 heterocycles. The number of esters is 1. The summed E-state index contributed by atoms with van der Waals surface area (Å²) in [7, 11) is 0. The summed E-state index contributed by atoms with van der Waals surface area (Å²) >= 11 is 0.